The number of halogens is 1. The fraction of sp³-hybridized carbons (Fsp3) is 0.231. The lowest BCUT2D eigenvalue weighted by atomic mass is 10.2. The van der Waals surface area contributed by atoms with E-state index in [0.717, 1.165) is 22.5 Å². The lowest BCUT2D eigenvalue weighted by Crippen LogP contribution is -2.19. The van der Waals surface area contributed by atoms with E-state index in [9.17, 15) is 0 Å². The third kappa shape index (κ3) is 2.31. The van der Waals surface area contributed by atoms with Crippen LogP contribution in [0.15, 0.2) is 35.1 Å². The third-order valence-electron chi connectivity index (χ3n) is 2.78. The molecule has 1 heterocycles. The number of hydrogen-bond acceptors (Lipinski definition) is 4. The molecule has 1 aromatic heterocycles. The van der Waals surface area contributed by atoms with Crippen molar-refractivity contribution in [1.82, 2.24) is 9.97 Å². The highest BCUT2D eigenvalue weighted by molar-refractivity contribution is 9.10. The predicted octanol–water partition coefficient (Wildman–Crippen LogP) is 3.29. The summed E-state index contributed by atoms with van der Waals surface area (Å²) in [5, 5.41) is 0. The van der Waals surface area contributed by atoms with Gasteiger partial charge in [-0.2, -0.15) is 0 Å². The number of hydrogen-bond donors (Lipinski definition) is 1. The summed E-state index contributed by atoms with van der Waals surface area (Å²) in [5.41, 5.74) is 8.13. The van der Waals surface area contributed by atoms with Gasteiger partial charge in [-0.15, -0.1) is 0 Å². The number of benzene rings is 1. The summed E-state index contributed by atoms with van der Waals surface area (Å²) in [5.74, 6) is 1.24. The molecule has 1 aromatic carbocycles. The number of nitrogens with two attached hydrogens (primary N) is 1. The van der Waals surface area contributed by atoms with Crippen molar-refractivity contribution in [2.45, 2.75) is 13.8 Å². The first-order valence-corrected chi connectivity index (χ1v) is 6.53. The van der Waals surface area contributed by atoms with Crippen LogP contribution in [0.1, 0.15) is 12.5 Å². The van der Waals surface area contributed by atoms with Crippen LogP contribution in [-0.4, -0.2) is 16.5 Å². The molecular weight excluding hydrogens is 292 g/mol. The highest BCUT2D eigenvalue weighted by Crippen LogP contribution is 2.33. The summed E-state index contributed by atoms with van der Waals surface area (Å²) in [6.45, 7) is 4.97. The van der Waals surface area contributed by atoms with E-state index in [4.69, 9.17) is 5.73 Å². The van der Waals surface area contributed by atoms with Crippen LogP contribution in [0.3, 0.4) is 0 Å². The lowest BCUT2D eigenvalue weighted by Gasteiger charge is -2.24. The number of aromatic nitrogens is 2. The molecule has 18 heavy (non-hydrogen) atoms. The third-order valence-corrected chi connectivity index (χ3v) is 3.54. The van der Waals surface area contributed by atoms with Crippen molar-refractivity contribution in [3.63, 3.8) is 0 Å². The molecule has 0 saturated carbocycles. The molecule has 0 unspecified atom stereocenters. The molecule has 0 fully saturated rings. The van der Waals surface area contributed by atoms with Gasteiger partial charge in [0, 0.05) is 12.2 Å². The van der Waals surface area contributed by atoms with Crippen molar-refractivity contribution in [3.05, 3.63) is 40.6 Å². The van der Waals surface area contributed by atoms with Gasteiger partial charge in [0.05, 0.1) is 0 Å². The SMILES string of the molecule is CCN(c1ccccc1C)c1ncnc(N)c1Br. The average Bonchev–Trinajstić information content (AvgIpc) is 2.37. The number of rotatable bonds is 3. The van der Waals surface area contributed by atoms with Crippen LogP contribution in [0.5, 0.6) is 0 Å². The summed E-state index contributed by atoms with van der Waals surface area (Å²) in [4.78, 5) is 10.4. The van der Waals surface area contributed by atoms with E-state index in [1.54, 1.807) is 0 Å². The van der Waals surface area contributed by atoms with Crippen LogP contribution < -0.4 is 10.6 Å². The fourth-order valence-electron chi connectivity index (χ4n) is 1.86. The highest BCUT2D eigenvalue weighted by Gasteiger charge is 2.15. The Hall–Kier alpha value is -1.62. The Morgan fingerprint density at radius 3 is 2.67 bits per heavy atom. The molecule has 0 radical (unpaired) electrons. The maximum Gasteiger partial charge on any atom is 0.152 e. The van der Waals surface area contributed by atoms with E-state index in [1.807, 2.05) is 12.1 Å². The topological polar surface area (TPSA) is 55.0 Å². The first kappa shape index (κ1) is 12.8. The molecule has 2 aromatic rings. The van der Waals surface area contributed by atoms with Gasteiger partial charge in [0.15, 0.2) is 5.82 Å². The molecule has 5 heteroatoms. The van der Waals surface area contributed by atoms with Crippen LogP contribution in [0.4, 0.5) is 17.3 Å². The van der Waals surface area contributed by atoms with Crippen LogP contribution in [0.2, 0.25) is 0 Å². The summed E-state index contributed by atoms with van der Waals surface area (Å²) in [7, 11) is 0. The normalized spacial score (nSPS) is 10.4. The standard InChI is InChI=1S/C13H15BrN4/c1-3-18(10-7-5-4-6-9(10)2)13-11(14)12(15)16-8-17-13/h4-8H,3H2,1-2H3,(H2,15,16,17). The van der Waals surface area contributed by atoms with E-state index in [-0.39, 0.29) is 0 Å². The molecule has 4 nitrogen and oxygen atoms in total. The van der Waals surface area contributed by atoms with E-state index >= 15 is 0 Å². The van der Waals surface area contributed by atoms with Gasteiger partial charge in [0.1, 0.15) is 16.6 Å². The van der Waals surface area contributed by atoms with Crippen LogP contribution in [-0.2, 0) is 0 Å². The van der Waals surface area contributed by atoms with Crippen molar-refractivity contribution in [1.29, 1.82) is 0 Å². The largest absolute Gasteiger partial charge is 0.383 e. The minimum Gasteiger partial charge on any atom is -0.383 e. The molecular formula is C13H15BrN4. The van der Waals surface area contributed by atoms with Crippen molar-refractivity contribution >= 4 is 33.3 Å². The van der Waals surface area contributed by atoms with Crippen LogP contribution >= 0.6 is 15.9 Å². The molecule has 0 bridgehead atoms. The van der Waals surface area contributed by atoms with E-state index in [1.165, 1.54) is 11.9 Å². The van der Waals surface area contributed by atoms with Gasteiger partial charge in [0.25, 0.3) is 0 Å². The van der Waals surface area contributed by atoms with Crippen molar-refractivity contribution in [3.8, 4) is 0 Å². The van der Waals surface area contributed by atoms with Gasteiger partial charge in [0.2, 0.25) is 0 Å². The van der Waals surface area contributed by atoms with Gasteiger partial charge in [-0.3, -0.25) is 0 Å². The van der Waals surface area contributed by atoms with Crippen LogP contribution in [0.25, 0.3) is 0 Å². The molecule has 0 aliphatic rings. The minimum atomic E-state index is 0.451. The van der Waals surface area contributed by atoms with Gasteiger partial charge in [-0.1, -0.05) is 18.2 Å². The monoisotopic (exact) mass is 306 g/mol. The Balaban J connectivity index is 2.53. The van der Waals surface area contributed by atoms with E-state index < -0.39 is 0 Å². The summed E-state index contributed by atoms with van der Waals surface area (Å²) in [6, 6.07) is 8.19. The first-order chi connectivity index (χ1) is 8.65. The highest BCUT2D eigenvalue weighted by atomic mass is 79.9. The van der Waals surface area contributed by atoms with Gasteiger partial charge in [-0.05, 0) is 41.4 Å². The number of para-hydroxylation sites is 1. The lowest BCUT2D eigenvalue weighted by molar-refractivity contribution is 0.966. The zero-order valence-electron chi connectivity index (χ0n) is 10.4. The fourth-order valence-corrected chi connectivity index (χ4v) is 2.28. The van der Waals surface area contributed by atoms with Gasteiger partial charge < -0.3 is 10.6 Å². The first-order valence-electron chi connectivity index (χ1n) is 5.74. The Kier molecular flexibility index (Phi) is 3.81. The Bertz CT molecular complexity index is 556. The average molecular weight is 307 g/mol. The van der Waals surface area contributed by atoms with Crippen molar-refractivity contribution in [2.75, 3.05) is 17.2 Å². The molecule has 0 aliphatic carbocycles. The molecule has 2 rings (SSSR count). The predicted molar refractivity (Wildman–Crippen MR) is 78.0 cm³/mol. The van der Waals surface area contributed by atoms with Crippen molar-refractivity contribution in [2.24, 2.45) is 0 Å². The Morgan fingerprint density at radius 2 is 2.00 bits per heavy atom. The number of anilines is 3. The second-order valence-corrected chi connectivity index (χ2v) is 4.72. The summed E-state index contributed by atoms with van der Waals surface area (Å²) < 4.78 is 0.732. The van der Waals surface area contributed by atoms with E-state index in [0.29, 0.717) is 5.82 Å². The van der Waals surface area contributed by atoms with Crippen LogP contribution in [0, 0.1) is 6.92 Å². The maximum atomic E-state index is 5.80. The van der Waals surface area contributed by atoms with E-state index in [2.05, 4.69) is 56.8 Å². The molecule has 0 spiro atoms. The second-order valence-electron chi connectivity index (χ2n) is 3.93. The zero-order chi connectivity index (χ0) is 13.1. The smallest absolute Gasteiger partial charge is 0.152 e. The van der Waals surface area contributed by atoms with Crippen molar-refractivity contribution < 1.29 is 0 Å². The maximum absolute atomic E-state index is 5.80. The van der Waals surface area contributed by atoms with Gasteiger partial charge >= 0.3 is 0 Å². The second kappa shape index (κ2) is 5.35. The summed E-state index contributed by atoms with van der Waals surface area (Å²) in [6.07, 6.45) is 1.48. The Morgan fingerprint density at radius 1 is 1.28 bits per heavy atom. The summed E-state index contributed by atoms with van der Waals surface area (Å²) >= 11 is 3.45. The molecule has 0 amide bonds. The molecule has 94 valence electrons. The number of nitrogens with zero attached hydrogens (tertiary/aromatic N) is 3. The molecule has 2 N–H and O–H groups in total. The molecule has 0 aliphatic heterocycles. The quantitative estimate of drug-likeness (QED) is 0.945. The zero-order valence-corrected chi connectivity index (χ0v) is 12.0. The Labute approximate surface area is 115 Å². The van der Waals surface area contributed by atoms with Gasteiger partial charge in [-0.25, -0.2) is 9.97 Å². The number of nitrogen functional groups attached to an aromatic ring is 1. The molecule has 0 saturated heterocycles. The number of aryl methyl sites for hydroxylation is 1. The minimum absolute atomic E-state index is 0.451. The molecule has 0 atom stereocenters.